The van der Waals surface area contributed by atoms with Gasteiger partial charge in [-0.15, -0.1) is 0 Å². The molecule has 0 nitrogen and oxygen atoms in total. The Bertz CT molecular complexity index is 938. The molecule has 4 aromatic rings. The SMILES string of the molecule is [F][Fe-]([F])([F])[F].c1ccc(C[P+](c2ccccc2)(c2ccccc2)c2ccccc2)cc1. The molecule has 0 heterocycles. The van der Waals surface area contributed by atoms with E-state index in [2.05, 4.69) is 121 Å². The van der Waals surface area contributed by atoms with Gasteiger partial charge in [0, 0.05) is 0 Å². The first kappa shape index (κ1) is 23.2. The smallest absolute Gasteiger partial charge is 0.0622 e. The standard InChI is InChI=1S/C25H22P.4FH.Fe/c1-5-13-22(14-6-1)21-26(23-15-7-2-8-16-23,24-17-9-3-10-18-24)25-19-11-4-12-20-25;;;;;/h1-20H,21H2;4*1H;/q+1;;;;;+3/p-4. The van der Waals surface area contributed by atoms with Crippen molar-refractivity contribution in [3.05, 3.63) is 127 Å². The zero-order valence-electron chi connectivity index (χ0n) is 16.6. The second-order valence-electron chi connectivity index (χ2n) is 6.76. The molecule has 0 aliphatic heterocycles. The Morgan fingerprint density at radius 3 is 1.00 bits per heavy atom. The third kappa shape index (κ3) is 6.51. The fourth-order valence-electron chi connectivity index (χ4n) is 3.63. The summed E-state index contributed by atoms with van der Waals surface area (Å²) in [5, 5.41) is 4.30. The summed E-state index contributed by atoms with van der Waals surface area (Å²) in [5.74, 6) is 0. The maximum absolute atomic E-state index is 9.81. The summed E-state index contributed by atoms with van der Waals surface area (Å²) in [5.41, 5.74) is 1.39. The van der Waals surface area contributed by atoms with E-state index in [1.165, 1.54) is 21.5 Å². The van der Waals surface area contributed by atoms with Gasteiger partial charge in [-0.05, 0) is 42.0 Å². The first-order chi connectivity index (χ1) is 14.9. The first-order valence-corrected chi connectivity index (χ1v) is 13.2. The zero-order valence-corrected chi connectivity index (χ0v) is 18.6. The Hall–Kier alpha value is -2.45. The molecule has 0 amide bonds. The summed E-state index contributed by atoms with van der Waals surface area (Å²) in [6.45, 7) is 0. The number of hydrogen-bond donors (Lipinski definition) is 0. The third-order valence-electron chi connectivity index (χ3n) is 4.85. The van der Waals surface area contributed by atoms with Gasteiger partial charge in [0.15, 0.2) is 0 Å². The van der Waals surface area contributed by atoms with Crippen LogP contribution in [0.1, 0.15) is 5.56 Å². The molecule has 0 N–H and O–H groups in total. The Morgan fingerprint density at radius 2 is 0.710 bits per heavy atom. The van der Waals surface area contributed by atoms with Crippen LogP contribution in [0.5, 0.6) is 0 Å². The molecule has 6 heteroatoms. The molecule has 0 spiro atoms. The second-order valence-corrected chi connectivity index (χ2v) is 11.2. The van der Waals surface area contributed by atoms with Gasteiger partial charge in [0.1, 0.15) is 23.2 Å². The third-order valence-corrected chi connectivity index (χ3v) is 9.23. The van der Waals surface area contributed by atoms with Crippen LogP contribution >= 0.6 is 7.26 Å². The number of hydrogen-bond acceptors (Lipinski definition) is 0. The summed E-state index contributed by atoms with van der Waals surface area (Å²) in [6, 6.07) is 44.0. The van der Waals surface area contributed by atoms with Crippen molar-refractivity contribution in [2.24, 2.45) is 0 Å². The van der Waals surface area contributed by atoms with E-state index < -0.39 is 21.9 Å². The molecule has 4 rings (SSSR count). The molecule has 31 heavy (non-hydrogen) atoms. The fraction of sp³-hybridized carbons (Fsp3) is 0.0400. The minimum atomic E-state index is -6.50. The zero-order chi connectivity index (χ0) is 22.2. The van der Waals surface area contributed by atoms with Crippen molar-refractivity contribution in [3.8, 4) is 0 Å². The van der Waals surface area contributed by atoms with Crippen LogP contribution in [-0.4, -0.2) is 0 Å². The van der Waals surface area contributed by atoms with Crippen molar-refractivity contribution < 1.29 is 28.9 Å². The molecular formula is C25H22F4FeP. The Kier molecular flexibility index (Phi) is 8.03. The van der Waals surface area contributed by atoms with E-state index >= 15 is 0 Å². The number of benzene rings is 4. The summed E-state index contributed by atoms with van der Waals surface area (Å²) >= 11 is -6.50. The Morgan fingerprint density at radius 1 is 0.452 bits per heavy atom. The van der Waals surface area contributed by atoms with Crippen LogP contribution in [-0.2, 0) is 20.8 Å². The molecule has 0 unspecified atom stereocenters. The molecule has 0 aromatic heterocycles. The van der Waals surface area contributed by atoms with Crippen LogP contribution in [0.3, 0.4) is 0 Å². The molecule has 0 radical (unpaired) electrons. The molecule has 4 aromatic carbocycles. The number of halogens is 4. The molecule has 0 aliphatic carbocycles. The first-order valence-electron chi connectivity index (χ1n) is 9.52. The second kappa shape index (κ2) is 10.7. The summed E-state index contributed by atoms with van der Waals surface area (Å²) < 4.78 is 39.2. The van der Waals surface area contributed by atoms with Crippen LogP contribution < -0.4 is 15.9 Å². The van der Waals surface area contributed by atoms with Crippen molar-refractivity contribution in [2.75, 3.05) is 0 Å². The van der Waals surface area contributed by atoms with Gasteiger partial charge in [-0.3, -0.25) is 0 Å². The van der Waals surface area contributed by atoms with Crippen LogP contribution in [0, 0.1) is 0 Å². The number of rotatable bonds is 5. The monoisotopic (exact) mass is 485 g/mol. The van der Waals surface area contributed by atoms with E-state index in [0.717, 1.165) is 6.16 Å². The van der Waals surface area contributed by atoms with Gasteiger partial charge >= 0.3 is 28.9 Å². The quantitative estimate of drug-likeness (QED) is 0.165. The van der Waals surface area contributed by atoms with Crippen LogP contribution in [0.2, 0.25) is 0 Å². The molecule has 0 bridgehead atoms. The molecule has 0 fully saturated rings. The van der Waals surface area contributed by atoms with E-state index in [1.54, 1.807) is 0 Å². The van der Waals surface area contributed by atoms with Gasteiger partial charge in [-0.25, -0.2) is 0 Å². The normalized spacial score (nSPS) is 11.9. The maximum Gasteiger partial charge on any atom is 0.116 e. The van der Waals surface area contributed by atoms with Crippen molar-refractivity contribution in [3.63, 3.8) is 0 Å². The Labute approximate surface area is 185 Å². The predicted molar refractivity (Wildman–Crippen MR) is 120 cm³/mol. The average molecular weight is 485 g/mol. The van der Waals surface area contributed by atoms with Gasteiger partial charge in [0.2, 0.25) is 0 Å². The minimum Gasteiger partial charge on any atom is -0.0622 e. The summed E-state index contributed by atoms with van der Waals surface area (Å²) in [4.78, 5) is 0. The van der Waals surface area contributed by atoms with E-state index in [4.69, 9.17) is 0 Å². The van der Waals surface area contributed by atoms with E-state index in [0.29, 0.717) is 0 Å². The summed E-state index contributed by atoms with van der Waals surface area (Å²) in [7, 11) is -1.78. The predicted octanol–water partition coefficient (Wildman–Crippen LogP) is 6.86. The van der Waals surface area contributed by atoms with Gasteiger partial charge in [-0.2, -0.15) is 0 Å². The molecule has 0 saturated carbocycles. The van der Waals surface area contributed by atoms with Crippen LogP contribution in [0.4, 0.5) is 14.2 Å². The maximum atomic E-state index is 9.81. The molecule has 163 valence electrons. The molecule has 0 atom stereocenters. The van der Waals surface area contributed by atoms with Crippen molar-refractivity contribution in [1.29, 1.82) is 0 Å². The van der Waals surface area contributed by atoms with Crippen LogP contribution in [0.25, 0.3) is 0 Å². The van der Waals surface area contributed by atoms with Gasteiger partial charge in [0.25, 0.3) is 0 Å². The van der Waals surface area contributed by atoms with Gasteiger partial charge in [-0.1, -0.05) is 84.9 Å². The van der Waals surface area contributed by atoms with E-state index in [-0.39, 0.29) is 0 Å². The van der Waals surface area contributed by atoms with Gasteiger partial charge in [0.05, 0.1) is 6.16 Å². The largest absolute Gasteiger partial charge is 0.116 e. The Balaban J connectivity index is 0.000000491. The van der Waals surface area contributed by atoms with Crippen molar-refractivity contribution in [2.45, 2.75) is 6.16 Å². The van der Waals surface area contributed by atoms with Crippen LogP contribution in [0.15, 0.2) is 121 Å². The average Bonchev–Trinajstić information content (AvgIpc) is 2.79. The summed E-state index contributed by atoms with van der Waals surface area (Å²) in [6.07, 6.45) is 1.03. The topological polar surface area (TPSA) is 0 Å². The molecule has 0 saturated heterocycles. The minimum absolute atomic E-state index is 1.03. The molecular weight excluding hydrogens is 463 g/mol. The van der Waals surface area contributed by atoms with Crippen molar-refractivity contribution >= 4 is 23.2 Å². The van der Waals surface area contributed by atoms with E-state index in [1.807, 2.05) is 0 Å². The molecule has 0 aliphatic rings. The van der Waals surface area contributed by atoms with Crippen molar-refractivity contribution in [1.82, 2.24) is 0 Å². The van der Waals surface area contributed by atoms with Gasteiger partial charge < -0.3 is 0 Å². The van der Waals surface area contributed by atoms with E-state index in [9.17, 15) is 14.2 Å². The fourth-order valence-corrected chi connectivity index (χ4v) is 7.87.